The van der Waals surface area contributed by atoms with Gasteiger partial charge in [0.25, 0.3) is 5.91 Å². The smallest absolute Gasteiger partial charge is 0.310 e. The summed E-state index contributed by atoms with van der Waals surface area (Å²) in [4.78, 5) is 28.6. The van der Waals surface area contributed by atoms with Crippen LogP contribution < -0.4 is 5.32 Å². The van der Waals surface area contributed by atoms with Gasteiger partial charge < -0.3 is 14.6 Å². The molecule has 2 aromatic carbocycles. The van der Waals surface area contributed by atoms with Gasteiger partial charge in [-0.1, -0.05) is 19.1 Å². The Morgan fingerprint density at radius 2 is 1.85 bits per heavy atom. The molecular formula is C21H23N3O3. The van der Waals surface area contributed by atoms with Crippen LogP contribution in [0.25, 0.3) is 11.0 Å². The minimum absolute atomic E-state index is 0.196. The van der Waals surface area contributed by atoms with Gasteiger partial charge in [0.15, 0.2) is 0 Å². The van der Waals surface area contributed by atoms with E-state index < -0.39 is 0 Å². The monoisotopic (exact) mass is 365 g/mol. The maximum absolute atomic E-state index is 12.5. The molecule has 140 valence electrons. The number of imidazole rings is 1. The topological polar surface area (TPSA) is 73.2 Å². The Balaban J connectivity index is 1.71. The summed E-state index contributed by atoms with van der Waals surface area (Å²) in [6.07, 6.45) is 1.06. The number of anilines is 1. The van der Waals surface area contributed by atoms with Crippen LogP contribution in [0.15, 0.2) is 42.5 Å². The van der Waals surface area contributed by atoms with Gasteiger partial charge in [0.2, 0.25) is 0 Å². The molecule has 0 atom stereocenters. The van der Waals surface area contributed by atoms with Crippen LogP contribution in [-0.4, -0.2) is 28.0 Å². The Hall–Kier alpha value is -3.15. The number of benzene rings is 2. The summed E-state index contributed by atoms with van der Waals surface area (Å²) in [5.41, 5.74) is 3.88. The summed E-state index contributed by atoms with van der Waals surface area (Å²) in [6.45, 7) is 4.20. The molecule has 0 spiro atoms. The van der Waals surface area contributed by atoms with E-state index in [1.54, 1.807) is 31.2 Å². The Morgan fingerprint density at radius 1 is 1.11 bits per heavy atom. The van der Waals surface area contributed by atoms with Gasteiger partial charge >= 0.3 is 5.97 Å². The number of carbonyl (C=O) groups excluding carboxylic acids is 2. The first-order chi connectivity index (χ1) is 13.0. The van der Waals surface area contributed by atoms with E-state index in [1.807, 2.05) is 29.8 Å². The van der Waals surface area contributed by atoms with Crippen LogP contribution in [0.4, 0.5) is 5.69 Å². The number of hydrogen-bond acceptors (Lipinski definition) is 4. The van der Waals surface area contributed by atoms with Crippen molar-refractivity contribution in [3.8, 4) is 0 Å². The minimum atomic E-state index is -0.260. The summed E-state index contributed by atoms with van der Waals surface area (Å²) in [5.74, 6) is 0.530. The molecule has 1 N–H and O–H groups in total. The quantitative estimate of drug-likeness (QED) is 0.679. The fourth-order valence-electron chi connectivity index (χ4n) is 3.00. The standard InChI is InChI=1S/C21H23N3O3/c1-4-19-23-17-13-15(8-11-18(17)24(19)3)21(26)22-16-9-6-14(7-10-16)12-20(25)27-5-2/h6-11,13H,4-5,12H2,1-3H3,(H,22,26). The molecule has 0 bridgehead atoms. The lowest BCUT2D eigenvalue weighted by atomic mass is 10.1. The average Bonchev–Trinajstić information content (AvgIpc) is 2.99. The molecule has 0 unspecified atom stereocenters. The van der Waals surface area contributed by atoms with Crippen molar-refractivity contribution in [2.24, 2.45) is 7.05 Å². The van der Waals surface area contributed by atoms with Crippen molar-refractivity contribution in [1.29, 1.82) is 0 Å². The first-order valence-electron chi connectivity index (χ1n) is 9.03. The molecule has 1 amide bonds. The minimum Gasteiger partial charge on any atom is -0.466 e. The number of carbonyl (C=O) groups is 2. The first kappa shape index (κ1) is 18.6. The van der Waals surface area contributed by atoms with Crippen LogP contribution in [-0.2, 0) is 29.4 Å². The molecule has 0 saturated heterocycles. The Kier molecular flexibility index (Phi) is 5.54. The molecule has 6 heteroatoms. The predicted molar refractivity (Wildman–Crippen MR) is 105 cm³/mol. The molecule has 1 aromatic heterocycles. The highest BCUT2D eigenvalue weighted by atomic mass is 16.5. The van der Waals surface area contributed by atoms with E-state index in [9.17, 15) is 9.59 Å². The molecule has 27 heavy (non-hydrogen) atoms. The third-order valence-corrected chi connectivity index (χ3v) is 4.42. The van der Waals surface area contributed by atoms with Crippen LogP contribution in [0.3, 0.4) is 0 Å². The highest BCUT2D eigenvalue weighted by Crippen LogP contribution is 2.18. The molecule has 1 heterocycles. The summed E-state index contributed by atoms with van der Waals surface area (Å²) in [5, 5.41) is 2.87. The van der Waals surface area contributed by atoms with Crippen molar-refractivity contribution < 1.29 is 14.3 Å². The number of amides is 1. The molecule has 0 aliphatic carbocycles. The Bertz CT molecular complexity index is 974. The Labute approximate surface area is 158 Å². The average molecular weight is 365 g/mol. The second-order valence-electron chi connectivity index (χ2n) is 6.28. The molecule has 0 radical (unpaired) electrons. The molecule has 0 aliphatic heterocycles. The van der Waals surface area contributed by atoms with Crippen molar-refractivity contribution in [3.63, 3.8) is 0 Å². The van der Waals surface area contributed by atoms with Crippen molar-refractivity contribution >= 4 is 28.6 Å². The van der Waals surface area contributed by atoms with E-state index in [1.165, 1.54) is 0 Å². The van der Waals surface area contributed by atoms with E-state index in [2.05, 4.69) is 17.2 Å². The highest BCUT2D eigenvalue weighted by molar-refractivity contribution is 6.06. The van der Waals surface area contributed by atoms with Gasteiger partial charge in [0, 0.05) is 24.7 Å². The summed E-state index contributed by atoms with van der Waals surface area (Å²) in [6, 6.07) is 12.7. The Morgan fingerprint density at radius 3 is 2.52 bits per heavy atom. The van der Waals surface area contributed by atoms with Gasteiger partial charge in [-0.15, -0.1) is 0 Å². The number of aromatic nitrogens is 2. The number of rotatable bonds is 6. The highest BCUT2D eigenvalue weighted by Gasteiger charge is 2.11. The maximum atomic E-state index is 12.5. The number of nitrogens with zero attached hydrogens (tertiary/aromatic N) is 2. The lowest BCUT2D eigenvalue weighted by Gasteiger charge is -2.07. The predicted octanol–water partition coefficient (Wildman–Crippen LogP) is 3.49. The molecule has 0 fully saturated rings. The van der Waals surface area contributed by atoms with Crippen molar-refractivity contribution in [3.05, 3.63) is 59.4 Å². The molecular weight excluding hydrogens is 342 g/mol. The van der Waals surface area contributed by atoms with Gasteiger partial charge in [0.05, 0.1) is 24.1 Å². The maximum Gasteiger partial charge on any atom is 0.310 e. The zero-order valence-electron chi connectivity index (χ0n) is 15.8. The summed E-state index contributed by atoms with van der Waals surface area (Å²) in [7, 11) is 1.98. The number of ether oxygens (including phenoxy) is 1. The van der Waals surface area contributed by atoms with Crippen LogP contribution in [0.5, 0.6) is 0 Å². The fourth-order valence-corrected chi connectivity index (χ4v) is 3.00. The van der Waals surface area contributed by atoms with Crippen molar-refractivity contribution in [2.45, 2.75) is 26.7 Å². The van der Waals surface area contributed by atoms with Gasteiger partial charge in [-0.05, 0) is 42.8 Å². The number of fused-ring (bicyclic) bond motifs is 1. The van der Waals surface area contributed by atoms with E-state index in [-0.39, 0.29) is 18.3 Å². The van der Waals surface area contributed by atoms with Gasteiger partial charge in [-0.25, -0.2) is 4.98 Å². The van der Waals surface area contributed by atoms with Crippen LogP contribution in [0.1, 0.15) is 35.6 Å². The largest absolute Gasteiger partial charge is 0.466 e. The van der Waals surface area contributed by atoms with Crippen LogP contribution >= 0.6 is 0 Å². The van der Waals surface area contributed by atoms with Crippen molar-refractivity contribution in [2.75, 3.05) is 11.9 Å². The van der Waals surface area contributed by atoms with Gasteiger partial charge in [-0.2, -0.15) is 0 Å². The number of aryl methyl sites for hydroxylation is 2. The normalized spacial score (nSPS) is 10.8. The van der Waals surface area contributed by atoms with E-state index in [4.69, 9.17) is 4.74 Å². The molecule has 6 nitrogen and oxygen atoms in total. The fraction of sp³-hybridized carbons (Fsp3) is 0.286. The summed E-state index contributed by atoms with van der Waals surface area (Å²) < 4.78 is 6.98. The third-order valence-electron chi connectivity index (χ3n) is 4.42. The van der Waals surface area contributed by atoms with E-state index in [0.717, 1.165) is 28.8 Å². The van der Waals surface area contributed by atoms with Crippen LogP contribution in [0, 0.1) is 0 Å². The van der Waals surface area contributed by atoms with Gasteiger partial charge in [0.1, 0.15) is 5.82 Å². The van der Waals surface area contributed by atoms with E-state index >= 15 is 0 Å². The third kappa shape index (κ3) is 4.16. The van der Waals surface area contributed by atoms with Gasteiger partial charge in [-0.3, -0.25) is 9.59 Å². The lowest BCUT2D eigenvalue weighted by molar-refractivity contribution is -0.142. The van der Waals surface area contributed by atoms with Crippen molar-refractivity contribution in [1.82, 2.24) is 9.55 Å². The molecule has 3 aromatic rings. The van der Waals surface area contributed by atoms with E-state index in [0.29, 0.717) is 17.9 Å². The number of nitrogens with one attached hydrogen (secondary N) is 1. The number of hydrogen-bond donors (Lipinski definition) is 1. The summed E-state index contributed by atoms with van der Waals surface area (Å²) >= 11 is 0. The number of esters is 1. The van der Waals surface area contributed by atoms with Crippen LogP contribution in [0.2, 0.25) is 0 Å². The SMILES string of the molecule is CCOC(=O)Cc1ccc(NC(=O)c2ccc3c(c2)nc(CC)n3C)cc1. The molecule has 0 saturated carbocycles. The second-order valence-corrected chi connectivity index (χ2v) is 6.28. The second kappa shape index (κ2) is 8.03. The molecule has 0 aliphatic rings. The first-order valence-corrected chi connectivity index (χ1v) is 9.03. The zero-order valence-corrected chi connectivity index (χ0v) is 15.8. The molecule has 3 rings (SSSR count). The zero-order chi connectivity index (χ0) is 19.4. The lowest BCUT2D eigenvalue weighted by Crippen LogP contribution is -2.12.